The summed E-state index contributed by atoms with van der Waals surface area (Å²) >= 11 is 0. The molecule has 0 bridgehead atoms. The molecule has 0 spiro atoms. The number of benzene rings is 2. The standard InChI is InChI=1S/C26H31FN8O6/c1-15(2)33-7-9-34(10-8-33)20-13-23(40-4)19(12-21(20)35(37)38)31-26-29-14-17(27)24(32-26)30-18-11-16(41-25(28)36)5-6-22(18)39-3/h5-6,11-15H,7-10H2,1-4H3,(H2,28,36)(H2,29,30,31,32). The minimum absolute atomic E-state index is 0.0664. The van der Waals surface area contributed by atoms with E-state index in [1.165, 1.54) is 38.5 Å². The van der Waals surface area contributed by atoms with Crippen LogP contribution in [-0.4, -0.2) is 72.3 Å². The maximum absolute atomic E-state index is 14.7. The number of halogens is 1. The number of hydrogen-bond acceptors (Lipinski definition) is 12. The van der Waals surface area contributed by atoms with Crippen molar-refractivity contribution in [2.75, 3.05) is 55.9 Å². The fraction of sp³-hybridized carbons (Fsp3) is 0.346. The Kier molecular flexibility index (Phi) is 8.87. The second-order valence-electron chi connectivity index (χ2n) is 9.34. The third-order valence-corrected chi connectivity index (χ3v) is 6.51. The molecule has 1 aliphatic rings. The molecule has 0 radical (unpaired) electrons. The number of carbonyl (C=O) groups excluding carboxylic acids is 1. The summed E-state index contributed by atoms with van der Waals surface area (Å²) in [5, 5.41) is 17.7. The number of rotatable bonds is 10. The smallest absolute Gasteiger partial charge is 0.409 e. The molecule has 1 fully saturated rings. The van der Waals surface area contributed by atoms with E-state index >= 15 is 0 Å². The van der Waals surface area contributed by atoms with Gasteiger partial charge in [-0.05, 0) is 26.0 Å². The van der Waals surface area contributed by atoms with Gasteiger partial charge in [-0.3, -0.25) is 15.0 Å². The molecule has 4 N–H and O–H groups in total. The van der Waals surface area contributed by atoms with Crippen molar-refractivity contribution in [3.05, 3.63) is 52.5 Å². The van der Waals surface area contributed by atoms with E-state index in [-0.39, 0.29) is 34.6 Å². The van der Waals surface area contributed by atoms with Gasteiger partial charge in [0.2, 0.25) is 5.95 Å². The number of piperazine rings is 1. The minimum atomic E-state index is -1.02. The molecule has 3 aromatic rings. The predicted octanol–water partition coefficient (Wildman–Crippen LogP) is 4.02. The maximum Gasteiger partial charge on any atom is 0.409 e. The number of nitrogens with two attached hydrogens (primary N) is 1. The lowest BCUT2D eigenvalue weighted by molar-refractivity contribution is -0.384. The molecular formula is C26H31FN8O6. The van der Waals surface area contributed by atoms with Gasteiger partial charge in [0.25, 0.3) is 5.69 Å². The average molecular weight is 571 g/mol. The van der Waals surface area contributed by atoms with E-state index < -0.39 is 16.8 Å². The van der Waals surface area contributed by atoms with E-state index in [1.54, 1.807) is 6.07 Å². The molecule has 1 saturated heterocycles. The van der Waals surface area contributed by atoms with Crippen molar-refractivity contribution in [3.8, 4) is 17.2 Å². The lowest BCUT2D eigenvalue weighted by Gasteiger charge is -2.38. The number of primary amides is 1. The third-order valence-electron chi connectivity index (χ3n) is 6.51. The van der Waals surface area contributed by atoms with Gasteiger partial charge in [-0.25, -0.2) is 14.2 Å². The number of nitro benzene ring substituents is 1. The Morgan fingerprint density at radius 1 is 1.07 bits per heavy atom. The molecule has 1 aliphatic heterocycles. The van der Waals surface area contributed by atoms with Crippen molar-refractivity contribution in [3.63, 3.8) is 0 Å². The minimum Gasteiger partial charge on any atom is -0.495 e. The highest BCUT2D eigenvalue weighted by molar-refractivity contribution is 5.77. The van der Waals surface area contributed by atoms with Crippen LogP contribution in [0.5, 0.6) is 17.2 Å². The van der Waals surface area contributed by atoms with Crippen LogP contribution in [0.4, 0.5) is 43.7 Å². The van der Waals surface area contributed by atoms with Crippen molar-refractivity contribution in [2.45, 2.75) is 19.9 Å². The van der Waals surface area contributed by atoms with E-state index in [0.717, 1.165) is 19.3 Å². The first-order chi connectivity index (χ1) is 19.6. The summed E-state index contributed by atoms with van der Waals surface area (Å²) in [5.41, 5.74) is 5.84. The summed E-state index contributed by atoms with van der Waals surface area (Å²) in [4.78, 5) is 35.1. The highest BCUT2D eigenvalue weighted by Crippen LogP contribution is 2.40. The Labute approximate surface area is 235 Å². The second-order valence-corrected chi connectivity index (χ2v) is 9.34. The number of hydrogen-bond donors (Lipinski definition) is 3. The summed E-state index contributed by atoms with van der Waals surface area (Å²) in [5.74, 6) is -0.397. The molecule has 0 aliphatic carbocycles. The van der Waals surface area contributed by atoms with Gasteiger partial charge >= 0.3 is 6.09 Å². The largest absolute Gasteiger partial charge is 0.495 e. The fourth-order valence-corrected chi connectivity index (χ4v) is 4.43. The molecule has 41 heavy (non-hydrogen) atoms. The Balaban J connectivity index is 1.62. The van der Waals surface area contributed by atoms with Crippen LogP contribution in [0, 0.1) is 15.9 Å². The maximum atomic E-state index is 14.7. The van der Waals surface area contributed by atoms with Gasteiger partial charge < -0.3 is 35.5 Å². The molecule has 15 heteroatoms. The Bertz CT molecular complexity index is 1430. The molecule has 218 valence electrons. The van der Waals surface area contributed by atoms with Crippen molar-refractivity contribution in [2.24, 2.45) is 5.73 Å². The lowest BCUT2D eigenvalue weighted by Crippen LogP contribution is -2.49. The molecule has 14 nitrogen and oxygen atoms in total. The molecule has 2 aromatic carbocycles. The van der Waals surface area contributed by atoms with Crippen LogP contribution >= 0.6 is 0 Å². The first kappa shape index (κ1) is 29.1. The summed E-state index contributed by atoms with van der Waals surface area (Å²) < 4.78 is 30.4. The molecular weight excluding hydrogens is 539 g/mol. The number of nitro groups is 1. The van der Waals surface area contributed by atoms with E-state index in [9.17, 15) is 19.3 Å². The first-order valence-corrected chi connectivity index (χ1v) is 12.7. The quantitative estimate of drug-likeness (QED) is 0.237. The van der Waals surface area contributed by atoms with E-state index in [0.29, 0.717) is 36.3 Å². The normalized spacial score (nSPS) is 13.6. The van der Waals surface area contributed by atoms with Crippen molar-refractivity contribution in [1.82, 2.24) is 14.9 Å². The molecule has 1 amide bonds. The number of nitrogens with one attached hydrogen (secondary N) is 2. The average Bonchev–Trinajstić information content (AvgIpc) is 2.94. The number of ether oxygens (including phenoxy) is 3. The van der Waals surface area contributed by atoms with Gasteiger partial charge in [0.15, 0.2) is 11.6 Å². The number of carbonyl (C=O) groups is 1. The molecule has 2 heterocycles. The van der Waals surface area contributed by atoms with Crippen molar-refractivity contribution < 1.29 is 28.3 Å². The van der Waals surface area contributed by atoms with Crippen molar-refractivity contribution in [1.29, 1.82) is 0 Å². The zero-order chi connectivity index (χ0) is 29.7. The van der Waals surface area contributed by atoms with Gasteiger partial charge in [0, 0.05) is 50.4 Å². The van der Waals surface area contributed by atoms with Gasteiger partial charge in [-0.2, -0.15) is 4.98 Å². The van der Waals surface area contributed by atoms with Crippen LogP contribution in [-0.2, 0) is 0 Å². The molecule has 0 atom stereocenters. The number of nitrogens with zero attached hydrogens (tertiary/aromatic N) is 5. The second kappa shape index (κ2) is 12.5. The van der Waals surface area contributed by atoms with Crippen LogP contribution in [0.2, 0.25) is 0 Å². The summed E-state index contributed by atoms with van der Waals surface area (Å²) in [6.45, 7) is 7.04. The highest BCUT2D eigenvalue weighted by atomic mass is 19.1. The van der Waals surface area contributed by atoms with Crippen LogP contribution < -0.4 is 35.5 Å². The van der Waals surface area contributed by atoms with E-state index in [1.807, 2.05) is 4.90 Å². The van der Waals surface area contributed by atoms with Gasteiger partial charge in [0.1, 0.15) is 22.9 Å². The summed E-state index contributed by atoms with van der Waals surface area (Å²) in [6, 6.07) is 7.65. The predicted molar refractivity (Wildman–Crippen MR) is 150 cm³/mol. The monoisotopic (exact) mass is 570 g/mol. The Hall–Kier alpha value is -4.92. The van der Waals surface area contributed by atoms with Gasteiger partial charge in [-0.15, -0.1) is 0 Å². The summed E-state index contributed by atoms with van der Waals surface area (Å²) in [7, 11) is 2.85. The van der Waals surface area contributed by atoms with E-state index in [4.69, 9.17) is 19.9 Å². The van der Waals surface area contributed by atoms with Crippen LogP contribution in [0.15, 0.2) is 36.5 Å². The Morgan fingerprint density at radius 3 is 2.37 bits per heavy atom. The molecule has 4 rings (SSSR count). The van der Waals surface area contributed by atoms with Crippen molar-refractivity contribution >= 4 is 40.6 Å². The van der Waals surface area contributed by atoms with Crippen LogP contribution in [0.1, 0.15) is 13.8 Å². The highest BCUT2D eigenvalue weighted by Gasteiger charge is 2.27. The lowest BCUT2D eigenvalue weighted by atomic mass is 10.1. The number of methoxy groups -OCH3 is 2. The Morgan fingerprint density at radius 2 is 1.76 bits per heavy atom. The number of amides is 1. The van der Waals surface area contributed by atoms with Crippen LogP contribution in [0.3, 0.4) is 0 Å². The molecule has 0 unspecified atom stereocenters. The fourth-order valence-electron chi connectivity index (χ4n) is 4.43. The molecule has 1 aromatic heterocycles. The topological polar surface area (TPSA) is 170 Å². The zero-order valence-corrected chi connectivity index (χ0v) is 23.0. The van der Waals surface area contributed by atoms with Gasteiger partial charge in [0.05, 0.1) is 36.7 Å². The first-order valence-electron chi connectivity index (χ1n) is 12.7. The SMILES string of the molecule is COc1cc(N2CCN(C(C)C)CC2)c([N+](=O)[O-])cc1Nc1ncc(F)c(Nc2cc(OC(N)=O)ccc2OC)n1. The third kappa shape index (κ3) is 6.81. The van der Waals surface area contributed by atoms with Crippen LogP contribution in [0.25, 0.3) is 0 Å². The number of anilines is 5. The number of aromatic nitrogens is 2. The zero-order valence-electron chi connectivity index (χ0n) is 23.0. The van der Waals surface area contributed by atoms with E-state index in [2.05, 4.69) is 39.3 Å². The molecule has 0 saturated carbocycles. The van der Waals surface area contributed by atoms with Gasteiger partial charge in [-0.1, -0.05) is 0 Å². The summed E-state index contributed by atoms with van der Waals surface area (Å²) in [6.07, 6.45) is -0.0927.